The first-order valence-electron chi connectivity index (χ1n) is 10.5. The molecule has 1 aromatic carbocycles. The van der Waals surface area contributed by atoms with E-state index in [1.807, 2.05) is 27.7 Å². The third-order valence-electron chi connectivity index (χ3n) is 5.04. The summed E-state index contributed by atoms with van der Waals surface area (Å²) in [5.74, 6) is 0.894. The van der Waals surface area contributed by atoms with Crippen molar-refractivity contribution in [1.29, 1.82) is 0 Å². The number of carbonyl (C=O) groups is 2. The van der Waals surface area contributed by atoms with E-state index in [0.29, 0.717) is 48.5 Å². The quantitative estimate of drug-likeness (QED) is 0.754. The Morgan fingerprint density at radius 3 is 2.53 bits per heavy atom. The third kappa shape index (κ3) is 5.30. The van der Waals surface area contributed by atoms with Gasteiger partial charge in [-0.25, -0.2) is 14.6 Å². The summed E-state index contributed by atoms with van der Waals surface area (Å²) in [5, 5.41) is 0.291. The molecule has 1 aliphatic rings. The minimum Gasteiger partial charge on any atom is -0.493 e. The second kappa shape index (κ2) is 9.05. The highest BCUT2D eigenvalue weighted by molar-refractivity contribution is 5.83. The van der Waals surface area contributed by atoms with Crippen molar-refractivity contribution in [2.75, 3.05) is 26.7 Å². The number of nitrogens with one attached hydrogen (secondary N) is 1. The Labute approximate surface area is 186 Å². The summed E-state index contributed by atoms with van der Waals surface area (Å²) in [4.78, 5) is 47.8. The Balaban J connectivity index is 1.79. The molecule has 10 heteroatoms. The standard InChI is InChI=1S/C22H30N4O6/c1-13-12-25(20(28)32-22(3,4)5)8-7-9-26(13)21(29)31-18-10-15-16(11-17(18)30-6)23-14(2)24-19(15)27/h10-11,13H,7-9,12H2,1-6H3,(H,23,24,27). The number of amides is 2. The van der Waals surface area contributed by atoms with Crippen molar-refractivity contribution in [3.63, 3.8) is 0 Å². The number of benzene rings is 1. The molecule has 0 saturated carbocycles. The van der Waals surface area contributed by atoms with Crippen LogP contribution in [0.5, 0.6) is 11.5 Å². The normalized spacial score (nSPS) is 17.1. The van der Waals surface area contributed by atoms with E-state index in [9.17, 15) is 14.4 Å². The minimum atomic E-state index is -0.594. The van der Waals surface area contributed by atoms with Crippen LogP contribution in [0.3, 0.4) is 0 Å². The van der Waals surface area contributed by atoms with Crippen LogP contribution in [0.4, 0.5) is 9.59 Å². The Morgan fingerprint density at radius 1 is 1.16 bits per heavy atom. The van der Waals surface area contributed by atoms with Crippen molar-refractivity contribution in [1.82, 2.24) is 19.8 Å². The highest BCUT2D eigenvalue weighted by Crippen LogP contribution is 2.31. The van der Waals surface area contributed by atoms with Crippen molar-refractivity contribution in [3.05, 3.63) is 28.3 Å². The van der Waals surface area contributed by atoms with Crippen LogP contribution >= 0.6 is 0 Å². The van der Waals surface area contributed by atoms with Gasteiger partial charge in [-0.1, -0.05) is 0 Å². The summed E-state index contributed by atoms with van der Waals surface area (Å²) in [5.41, 5.74) is -0.481. The first-order valence-corrected chi connectivity index (χ1v) is 10.5. The van der Waals surface area contributed by atoms with Crippen LogP contribution in [0.1, 0.15) is 39.9 Å². The van der Waals surface area contributed by atoms with Gasteiger partial charge in [0.05, 0.1) is 18.0 Å². The summed E-state index contributed by atoms with van der Waals surface area (Å²) in [7, 11) is 1.45. The lowest BCUT2D eigenvalue weighted by Crippen LogP contribution is -2.46. The van der Waals surface area contributed by atoms with Gasteiger partial charge in [0.2, 0.25) is 0 Å². The summed E-state index contributed by atoms with van der Waals surface area (Å²) in [6.07, 6.45) is -0.411. The molecule has 0 spiro atoms. The van der Waals surface area contributed by atoms with E-state index in [4.69, 9.17) is 14.2 Å². The fraction of sp³-hybridized carbons (Fsp3) is 0.545. The predicted molar refractivity (Wildman–Crippen MR) is 118 cm³/mol. The van der Waals surface area contributed by atoms with Crippen LogP contribution in [0.2, 0.25) is 0 Å². The molecule has 1 N–H and O–H groups in total. The number of aromatic amines is 1. The van der Waals surface area contributed by atoms with E-state index in [0.717, 1.165) is 0 Å². The first kappa shape index (κ1) is 23.4. The van der Waals surface area contributed by atoms with E-state index in [1.165, 1.54) is 13.2 Å². The van der Waals surface area contributed by atoms with Crippen molar-refractivity contribution >= 4 is 23.1 Å². The third-order valence-corrected chi connectivity index (χ3v) is 5.04. The molecule has 1 aromatic heterocycles. The molecule has 0 bridgehead atoms. The van der Waals surface area contributed by atoms with Crippen molar-refractivity contribution in [2.45, 2.75) is 52.7 Å². The van der Waals surface area contributed by atoms with Gasteiger partial charge < -0.3 is 29.0 Å². The molecule has 1 aliphatic heterocycles. The number of H-pyrrole nitrogens is 1. The van der Waals surface area contributed by atoms with Crippen molar-refractivity contribution in [3.8, 4) is 11.5 Å². The zero-order chi connectivity index (χ0) is 23.6. The van der Waals surface area contributed by atoms with Gasteiger partial charge in [0.1, 0.15) is 11.4 Å². The van der Waals surface area contributed by atoms with Crippen LogP contribution in [-0.2, 0) is 4.74 Å². The Kier molecular flexibility index (Phi) is 6.61. The predicted octanol–water partition coefficient (Wildman–Crippen LogP) is 3.07. The number of aromatic nitrogens is 2. The molecule has 10 nitrogen and oxygen atoms in total. The number of aryl methyl sites for hydroxylation is 1. The summed E-state index contributed by atoms with van der Waals surface area (Å²) in [6.45, 7) is 10.2. The van der Waals surface area contributed by atoms with Crippen LogP contribution in [0, 0.1) is 6.92 Å². The van der Waals surface area contributed by atoms with E-state index in [-0.39, 0.29) is 17.4 Å². The maximum Gasteiger partial charge on any atom is 0.415 e. The van der Waals surface area contributed by atoms with Gasteiger partial charge >= 0.3 is 12.2 Å². The fourth-order valence-electron chi connectivity index (χ4n) is 3.58. The van der Waals surface area contributed by atoms with Gasteiger partial charge in [0, 0.05) is 31.7 Å². The lowest BCUT2D eigenvalue weighted by molar-refractivity contribution is 0.0236. The van der Waals surface area contributed by atoms with E-state index >= 15 is 0 Å². The number of rotatable bonds is 2. The number of methoxy groups -OCH3 is 1. The van der Waals surface area contributed by atoms with Gasteiger partial charge in [-0.2, -0.15) is 0 Å². The number of hydrogen-bond acceptors (Lipinski definition) is 7. The molecule has 0 radical (unpaired) electrons. The zero-order valence-corrected chi connectivity index (χ0v) is 19.4. The Hall–Kier alpha value is -3.30. The van der Waals surface area contributed by atoms with Gasteiger partial charge in [-0.05, 0) is 47.1 Å². The van der Waals surface area contributed by atoms with Gasteiger partial charge in [-0.15, -0.1) is 0 Å². The topological polar surface area (TPSA) is 114 Å². The first-order chi connectivity index (χ1) is 15.0. The molecule has 2 amide bonds. The lowest BCUT2D eigenvalue weighted by Gasteiger charge is -2.30. The highest BCUT2D eigenvalue weighted by Gasteiger charge is 2.31. The SMILES string of the molecule is COc1cc2nc(C)[nH]c(=O)c2cc1OC(=O)N1CCCN(C(=O)OC(C)(C)C)CC1C. The smallest absolute Gasteiger partial charge is 0.415 e. The molecule has 3 rings (SSSR count). The lowest BCUT2D eigenvalue weighted by atomic mass is 10.2. The molecule has 0 aliphatic carbocycles. The number of hydrogen-bond donors (Lipinski definition) is 1. The number of ether oxygens (including phenoxy) is 3. The average molecular weight is 447 g/mol. The molecule has 1 atom stereocenters. The molecule has 2 aromatic rings. The van der Waals surface area contributed by atoms with Crippen LogP contribution in [0.25, 0.3) is 10.9 Å². The summed E-state index contributed by atoms with van der Waals surface area (Å²) in [6, 6.07) is 2.72. The molecule has 1 unspecified atom stereocenters. The second-order valence-corrected chi connectivity index (χ2v) is 8.86. The Bertz CT molecular complexity index is 1070. The summed E-state index contributed by atoms with van der Waals surface area (Å²) < 4.78 is 16.4. The molecule has 1 saturated heterocycles. The average Bonchev–Trinajstić information content (AvgIpc) is 2.88. The van der Waals surface area contributed by atoms with Crippen LogP contribution < -0.4 is 15.0 Å². The van der Waals surface area contributed by atoms with Crippen molar-refractivity contribution < 1.29 is 23.8 Å². The molecular formula is C22H30N4O6. The molecular weight excluding hydrogens is 416 g/mol. The van der Waals surface area contributed by atoms with Gasteiger partial charge in [-0.3, -0.25) is 4.79 Å². The maximum atomic E-state index is 13.0. The van der Waals surface area contributed by atoms with Gasteiger partial charge in [0.25, 0.3) is 5.56 Å². The van der Waals surface area contributed by atoms with Crippen LogP contribution in [-0.4, -0.2) is 70.3 Å². The molecule has 2 heterocycles. The molecule has 32 heavy (non-hydrogen) atoms. The van der Waals surface area contributed by atoms with Crippen molar-refractivity contribution in [2.24, 2.45) is 0 Å². The molecule has 1 fully saturated rings. The summed E-state index contributed by atoms with van der Waals surface area (Å²) >= 11 is 0. The largest absolute Gasteiger partial charge is 0.493 e. The highest BCUT2D eigenvalue weighted by atomic mass is 16.6. The monoisotopic (exact) mass is 446 g/mol. The zero-order valence-electron chi connectivity index (χ0n) is 19.4. The van der Waals surface area contributed by atoms with Crippen LogP contribution in [0.15, 0.2) is 16.9 Å². The minimum absolute atomic E-state index is 0.126. The maximum absolute atomic E-state index is 13.0. The number of nitrogens with zero attached hydrogens (tertiary/aromatic N) is 3. The van der Waals surface area contributed by atoms with E-state index < -0.39 is 17.8 Å². The second-order valence-electron chi connectivity index (χ2n) is 8.86. The van der Waals surface area contributed by atoms with Gasteiger partial charge in [0.15, 0.2) is 11.5 Å². The Morgan fingerprint density at radius 2 is 1.88 bits per heavy atom. The molecule has 174 valence electrons. The van der Waals surface area contributed by atoms with E-state index in [2.05, 4.69) is 9.97 Å². The number of fused-ring (bicyclic) bond motifs is 1. The van der Waals surface area contributed by atoms with E-state index in [1.54, 1.807) is 22.8 Å². The number of carbonyl (C=O) groups excluding carboxylic acids is 2. The fourth-order valence-corrected chi connectivity index (χ4v) is 3.58.